The number of methoxy groups -OCH3 is 1. The molecule has 1 heterocycles. The summed E-state index contributed by atoms with van der Waals surface area (Å²) >= 11 is 0. The largest absolute Gasteiger partial charge is 0.365 e. The van der Waals surface area contributed by atoms with Gasteiger partial charge < -0.3 is 4.74 Å². The van der Waals surface area contributed by atoms with Crippen molar-refractivity contribution in [2.24, 2.45) is 0 Å². The van der Waals surface area contributed by atoms with Gasteiger partial charge in [-0.1, -0.05) is 18.2 Å². The van der Waals surface area contributed by atoms with Crippen molar-refractivity contribution in [2.75, 3.05) is 13.7 Å². The Balaban J connectivity index is 2.14. The number of ether oxygens (including phenoxy) is 1. The zero-order chi connectivity index (χ0) is 11.4. The predicted octanol–water partition coefficient (Wildman–Crippen LogP) is 2.17. The predicted molar refractivity (Wildman–Crippen MR) is 64.2 cm³/mol. The van der Waals surface area contributed by atoms with E-state index >= 15 is 0 Å². The van der Waals surface area contributed by atoms with E-state index in [2.05, 4.69) is 0 Å². The number of benzene rings is 1. The number of rotatable bonds is 3. The third-order valence-electron chi connectivity index (χ3n) is 2.83. The van der Waals surface area contributed by atoms with Crippen LogP contribution in [0.1, 0.15) is 19.3 Å². The molecule has 1 unspecified atom stereocenters. The van der Waals surface area contributed by atoms with Crippen LogP contribution in [0, 0.1) is 0 Å². The molecular weight excluding hydrogens is 222 g/mol. The molecule has 88 valence electrons. The first kappa shape index (κ1) is 11.8. The summed E-state index contributed by atoms with van der Waals surface area (Å²) in [5, 5.41) is 0. The molecule has 0 saturated carbocycles. The van der Waals surface area contributed by atoms with Crippen molar-refractivity contribution in [3.63, 3.8) is 0 Å². The van der Waals surface area contributed by atoms with E-state index in [0.717, 1.165) is 30.7 Å². The molecule has 3 nitrogen and oxygen atoms in total. The zero-order valence-corrected chi connectivity index (χ0v) is 10.3. The van der Waals surface area contributed by atoms with Crippen molar-refractivity contribution in [3.05, 3.63) is 30.3 Å². The molecule has 4 heteroatoms. The van der Waals surface area contributed by atoms with Crippen LogP contribution in [0.25, 0.3) is 0 Å². The molecule has 1 fully saturated rings. The fourth-order valence-electron chi connectivity index (χ4n) is 1.97. The van der Waals surface area contributed by atoms with Crippen molar-refractivity contribution < 1.29 is 8.95 Å². The number of piperidine rings is 1. The fourth-order valence-corrected chi connectivity index (χ4v) is 3.33. The Morgan fingerprint density at radius 1 is 1.31 bits per heavy atom. The van der Waals surface area contributed by atoms with E-state index in [9.17, 15) is 4.21 Å². The standard InChI is InChI=1S/C12H17NO2S/c1-15-12-9-5-6-10-13(12)16(14)11-7-3-2-4-8-11/h2-4,7-8,12H,5-6,9-10H2,1H3/t12-,16?/m1/s1. The molecule has 0 aliphatic carbocycles. The van der Waals surface area contributed by atoms with Gasteiger partial charge in [-0.05, 0) is 31.4 Å². The van der Waals surface area contributed by atoms with Crippen LogP contribution in [0.3, 0.4) is 0 Å². The molecule has 16 heavy (non-hydrogen) atoms. The molecule has 0 radical (unpaired) electrons. The third kappa shape index (κ3) is 2.51. The number of hydrogen-bond acceptors (Lipinski definition) is 2. The van der Waals surface area contributed by atoms with Crippen molar-refractivity contribution in [1.29, 1.82) is 0 Å². The van der Waals surface area contributed by atoms with Gasteiger partial charge in [-0.25, -0.2) is 4.21 Å². The summed E-state index contributed by atoms with van der Waals surface area (Å²) in [6, 6.07) is 9.57. The molecule has 0 N–H and O–H groups in total. The van der Waals surface area contributed by atoms with Crippen LogP contribution in [-0.4, -0.2) is 28.4 Å². The lowest BCUT2D eigenvalue weighted by Crippen LogP contribution is -2.41. The minimum Gasteiger partial charge on any atom is -0.365 e. The van der Waals surface area contributed by atoms with E-state index in [1.54, 1.807) is 7.11 Å². The van der Waals surface area contributed by atoms with Gasteiger partial charge in [0.25, 0.3) is 0 Å². The summed E-state index contributed by atoms with van der Waals surface area (Å²) in [4.78, 5) is 0.853. The lowest BCUT2D eigenvalue weighted by molar-refractivity contribution is -0.00518. The van der Waals surface area contributed by atoms with E-state index < -0.39 is 11.0 Å². The van der Waals surface area contributed by atoms with Crippen LogP contribution in [-0.2, 0) is 15.7 Å². The highest BCUT2D eigenvalue weighted by Gasteiger charge is 2.27. The van der Waals surface area contributed by atoms with Gasteiger partial charge in [0.05, 0.1) is 4.90 Å². The third-order valence-corrected chi connectivity index (χ3v) is 4.35. The molecule has 1 aromatic carbocycles. The van der Waals surface area contributed by atoms with Crippen LogP contribution in [0.2, 0.25) is 0 Å². The first-order valence-corrected chi connectivity index (χ1v) is 6.70. The van der Waals surface area contributed by atoms with E-state index in [1.807, 2.05) is 34.6 Å². The van der Waals surface area contributed by atoms with Crippen molar-refractivity contribution in [2.45, 2.75) is 30.4 Å². The van der Waals surface area contributed by atoms with Gasteiger partial charge >= 0.3 is 0 Å². The highest BCUT2D eigenvalue weighted by molar-refractivity contribution is 7.82. The summed E-state index contributed by atoms with van der Waals surface area (Å²) in [5.41, 5.74) is 0. The molecule has 2 atom stereocenters. The van der Waals surface area contributed by atoms with Gasteiger partial charge in [-0.2, -0.15) is 4.31 Å². The second-order valence-electron chi connectivity index (χ2n) is 3.89. The Morgan fingerprint density at radius 3 is 2.75 bits per heavy atom. The maximum absolute atomic E-state index is 12.3. The second-order valence-corrected chi connectivity index (χ2v) is 5.33. The maximum atomic E-state index is 12.3. The fraction of sp³-hybridized carbons (Fsp3) is 0.500. The lowest BCUT2D eigenvalue weighted by atomic mass is 10.1. The van der Waals surface area contributed by atoms with Gasteiger partial charge in [-0.3, -0.25) is 0 Å². The summed E-state index contributed by atoms with van der Waals surface area (Å²) < 4.78 is 19.6. The molecule has 0 amide bonds. The van der Waals surface area contributed by atoms with Crippen molar-refractivity contribution in [3.8, 4) is 0 Å². The van der Waals surface area contributed by atoms with Gasteiger partial charge in [0.1, 0.15) is 17.2 Å². The molecule has 0 bridgehead atoms. The van der Waals surface area contributed by atoms with Crippen molar-refractivity contribution in [1.82, 2.24) is 4.31 Å². The normalized spacial score (nSPS) is 24.2. The molecule has 1 aliphatic rings. The van der Waals surface area contributed by atoms with Gasteiger partial charge in [-0.15, -0.1) is 0 Å². The van der Waals surface area contributed by atoms with Gasteiger partial charge in [0, 0.05) is 13.7 Å². The highest BCUT2D eigenvalue weighted by Crippen LogP contribution is 2.22. The monoisotopic (exact) mass is 239 g/mol. The minimum atomic E-state index is -1.09. The topological polar surface area (TPSA) is 29.5 Å². The second kappa shape index (κ2) is 5.57. The lowest BCUT2D eigenvalue weighted by Gasteiger charge is -2.32. The van der Waals surface area contributed by atoms with E-state index in [-0.39, 0.29) is 6.23 Å². The van der Waals surface area contributed by atoms with Crippen LogP contribution in [0.15, 0.2) is 35.2 Å². The van der Waals surface area contributed by atoms with E-state index in [4.69, 9.17) is 4.74 Å². The molecular formula is C12H17NO2S. The summed E-state index contributed by atoms with van der Waals surface area (Å²) in [6.07, 6.45) is 3.21. The van der Waals surface area contributed by atoms with Gasteiger partial charge in [0.2, 0.25) is 0 Å². The highest BCUT2D eigenvalue weighted by atomic mass is 32.2. The first-order chi connectivity index (χ1) is 7.83. The smallest absolute Gasteiger partial charge is 0.129 e. The minimum absolute atomic E-state index is 0.00482. The Kier molecular flexibility index (Phi) is 4.09. The Labute approximate surface area is 99.0 Å². The average Bonchev–Trinajstić information content (AvgIpc) is 2.39. The Morgan fingerprint density at radius 2 is 2.06 bits per heavy atom. The van der Waals surface area contributed by atoms with Gasteiger partial charge in [0.15, 0.2) is 0 Å². The number of hydrogen-bond donors (Lipinski definition) is 0. The van der Waals surface area contributed by atoms with E-state index in [1.165, 1.54) is 0 Å². The molecule has 1 aliphatic heterocycles. The maximum Gasteiger partial charge on any atom is 0.129 e. The van der Waals surface area contributed by atoms with Crippen molar-refractivity contribution >= 4 is 11.0 Å². The summed E-state index contributed by atoms with van der Waals surface area (Å²) in [5.74, 6) is 0. The van der Waals surface area contributed by atoms with E-state index in [0.29, 0.717) is 0 Å². The first-order valence-electron chi connectivity index (χ1n) is 5.59. The molecule has 1 aromatic rings. The Hall–Kier alpha value is -0.710. The Bertz CT molecular complexity index is 355. The summed E-state index contributed by atoms with van der Waals surface area (Å²) in [6.45, 7) is 0.847. The molecule has 0 aromatic heterocycles. The quantitative estimate of drug-likeness (QED) is 0.809. The molecule has 2 rings (SSSR count). The van der Waals surface area contributed by atoms with Crippen LogP contribution >= 0.6 is 0 Å². The summed E-state index contributed by atoms with van der Waals surface area (Å²) in [7, 11) is 0.594. The molecule has 1 saturated heterocycles. The number of nitrogens with zero attached hydrogens (tertiary/aromatic N) is 1. The SMILES string of the molecule is CO[C@@H]1CCCCN1S(=O)c1ccccc1. The zero-order valence-electron chi connectivity index (χ0n) is 9.46. The van der Waals surface area contributed by atoms with Crippen LogP contribution in [0.4, 0.5) is 0 Å². The van der Waals surface area contributed by atoms with Crippen LogP contribution in [0.5, 0.6) is 0 Å². The molecule has 0 spiro atoms. The van der Waals surface area contributed by atoms with Crippen LogP contribution < -0.4 is 0 Å². The average molecular weight is 239 g/mol.